The number of pyridine rings is 1. The molecule has 1 aromatic heterocycles. The Morgan fingerprint density at radius 2 is 1.87 bits per heavy atom. The summed E-state index contributed by atoms with van der Waals surface area (Å²) in [6.07, 6.45) is 0.919. The van der Waals surface area contributed by atoms with E-state index in [4.69, 9.17) is 4.74 Å². The lowest BCUT2D eigenvalue weighted by atomic mass is 10.0. The second-order valence-corrected chi connectivity index (χ2v) is 6.92. The van der Waals surface area contributed by atoms with Gasteiger partial charge in [-0.25, -0.2) is 0 Å². The summed E-state index contributed by atoms with van der Waals surface area (Å²) in [5.74, 6) is -2.21. The standard InChI is InChI=1S/C22H26N2O6/c1-4-14(2)21(28)23-22(29)17-13-24(10-11-25)18(12-19(17)27)20(30-15(3)26)16-8-6-5-7-9-16/h5-9,12-14,20,25H,4,10-11H2,1-3H3,(H,23,28,29)/t14-,20+/m1/s1. The van der Waals surface area contributed by atoms with Gasteiger partial charge in [-0.05, 0) is 12.0 Å². The number of hydrogen-bond donors (Lipinski definition) is 2. The second kappa shape index (κ2) is 10.5. The van der Waals surface area contributed by atoms with E-state index in [1.807, 2.05) is 6.92 Å². The summed E-state index contributed by atoms with van der Waals surface area (Å²) < 4.78 is 6.92. The Labute approximate surface area is 174 Å². The summed E-state index contributed by atoms with van der Waals surface area (Å²) >= 11 is 0. The molecule has 160 valence electrons. The van der Waals surface area contributed by atoms with E-state index in [-0.39, 0.29) is 24.6 Å². The Bertz CT molecular complexity index is 967. The van der Waals surface area contributed by atoms with Crippen molar-refractivity contribution in [1.29, 1.82) is 0 Å². The van der Waals surface area contributed by atoms with Gasteiger partial charge in [-0.3, -0.25) is 24.5 Å². The van der Waals surface area contributed by atoms with E-state index in [1.54, 1.807) is 37.3 Å². The van der Waals surface area contributed by atoms with Crippen LogP contribution in [0, 0.1) is 5.92 Å². The fourth-order valence-corrected chi connectivity index (χ4v) is 2.87. The van der Waals surface area contributed by atoms with Crippen LogP contribution in [0.3, 0.4) is 0 Å². The maximum absolute atomic E-state index is 12.7. The summed E-state index contributed by atoms with van der Waals surface area (Å²) in [5.41, 5.74) is 0.0726. The largest absolute Gasteiger partial charge is 0.451 e. The molecule has 0 radical (unpaired) electrons. The highest BCUT2D eigenvalue weighted by molar-refractivity contribution is 6.05. The Morgan fingerprint density at radius 1 is 1.20 bits per heavy atom. The number of benzene rings is 1. The molecule has 0 bridgehead atoms. The van der Waals surface area contributed by atoms with Gasteiger partial charge in [0, 0.05) is 31.6 Å². The first-order valence-corrected chi connectivity index (χ1v) is 9.71. The average molecular weight is 414 g/mol. The van der Waals surface area contributed by atoms with Crippen molar-refractivity contribution in [3.63, 3.8) is 0 Å². The zero-order valence-electron chi connectivity index (χ0n) is 17.3. The molecule has 2 rings (SSSR count). The van der Waals surface area contributed by atoms with Crippen molar-refractivity contribution >= 4 is 17.8 Å². The number of hydrogen-bond acceptors (Lipinski definition) is 6. The van der Waals surface area contributed by atoms with Gasteiger partial charge in [0.2, 0.25) is 5.91 Å². The van der Waals surface area contributed by atoms with Crippen LogP contribution in [0.25, 0.3) is 0 Å². The quantitative estimate of drug-likeness (QED) is 0.637. The normalized spacial score (nSPS) is 12.7. The summed E-state index contributed by atoms with van der Waals surface area (Å²) in [7, 11) is 0. The van der Waals surface area contributed by atoms with Crippen LogP contribution < -0.4 is 10.7 Å². The summed E-state index contributed by atoms with van der Waals surface area (Å²) in [4.78, 5) is 48.9. The lowest BCUT2D eigenvalue weighted by Crippen LogP contribution is -2.37. The Balaban J connectivity index is 2.51. The number of aliphatic hydroxyl groups is 1. The Morgan fingerprint density at radius 3 is 2.43 bits per heavy atom. The summed E-state index contributed by atoms with van der Waals surface area (Å²) in [6, 6.07) is 10.0. The minimum absolute atomic E-state index is 0.0554. The molecule has 30 heavy (non-hydrogen) atoms. The van der Waals surface area contributed by atoms with Crippen molar-refractivity contribution in [3.05, 3.63) is 69.6 Å². The maximum atomic E-state index is 12.7. The van der Waals surface area contributed by atoms with Crippen LogP contribution in [0.15, 0.2) is 47.4 Å². The zero-order chi connectivity index (χ0) is 22.3. The fraction of sp³-hybridized carbons (Fsp3) is 0.364. The Kier molecular flexibility index (Phi) is 8.06. The van der Waals surface area contributed by atoms with Crippen molar-refractivity contribution < 1.29 is 24.2 Å². The van der Waals surface area contributed by atoms with Crippen LogP contribution in [0.2, 0.25) is 0 Å². The highest BCUT2D eigenvalue weighted by Crippen LogP contribution is 2.26. The van der Waals surface area contributed by atoms with Crippen molar-refractivity contribution in [2.75, 3.05) is 6.61 Å². The number of rotatable bonds is 8. The number of nitrogens with one attached hydrogen (secondary N) is 1. The summed E-state index contributed by atoms with van der Waals surface area (Å²) in [5, 5.41) is 11.7. The summed E-state index contributed by atoms with van der Waals surface area (Å²) in [6.45, 7) is 4.53. The van der Waals surface area contributed by atoms with E-state index in [9.17, 15) is 24.3 Å². The molecule has 0 aliphatic rings. The van der Waals surface area contributed by atoms with Crippen LogP contribution in [-0.2, 0) is 20.9 Å². The van der Waals surface area contributed by atoms with Gasteiger partial charge in [0.05, 0.1) is 12.3 Å². The van der Waals surface area contributed by atoms with Crippen molar-refractivity contribution in [1.82, 2.24) is 9.88 Å². The highest BCUT2D eigenvalue weighted by Gasteiger charge is 2.24. The van der Waals surface area contributed by atoms with E-state index in [1.165, 1.54) is 23.8 Å². The average Bonchev–Trinajstić information content (AvgIpc) is 2.72. The number of carbonyl (C=O) groups is 3. The van der Waals surface area contributed by atoms with E-state index < -0.39 is 29.3 Å². The predicted molar refractivity (Wildman–Crippen MR) is 110 cm³/mol. The number of carbonyl (C=O) groups excluding carboxylic acids is 3. The molecule has 0 aliphatic heterocycles. The number of esters is 1. The minimum Gasteiger partial charge on any atom is -0.451 e. The maximum Gasteiger partial charge on any atom is 0.303 e. The van der Waals surface area contributed by atoms with Crippen molar-refractivity contribution in [2.45, 2.75) is 39.8 Å². The molecule has 0 unspecified atom stereocenters. The van der Waals surface area contributed by atoms with E-state index in [0.29, 0.717) is 17.7 Å². The Hall–Kier alpha value is -3.26. The molecule has 1 heterocycles. The molecule has 2 atom stereocenters. The smallest absolute Gasteiger partial charge is 0.303 e. The molecule has 0 fully saturated rings. The monoisotopic (exact) mass is 414 g/mol. The third kappa shape index (κ3) is 5.64. The minimum atomic E-state index is -0.901. The van der Waals surface area contributed by atoms with Gasteiger partial charge in [0.1, 0.15) is 5.56 Å². The van der Waals surface area contributed by atoms with Gasteiger partial charge in [-0.15, -0.1) is 0 Å². The molecule has 0 saturated heterocycles. The zero-order valence-corrected chi connectivity index (χ0v) is 17.3. The van der Waals surface area contributed by atoms with Crippen molar-refractivity contribution in [2.24, 2.45) is 5.92 Å². The van der Waals surface area contributed by atoms with E-state index in [0.717, 1.165) is 0 Å². The van der Waals surface area contributed by atoms with Crippen LogP contribution in [0.5, 0.6) is 0 Å². The van der Waals surface area contributed by atoms with E-state index >= 15 is 0 Å². The third-order valence-electron chi connectivity index (χ3n) is 4.70. The first kappa shape index (κ1) is 23.0. The fourth-order valence-electron chi connectivity index (χ4n) is 2.87. The number of imide groups is 1. The van der Waals surface area contributed by atoms with Crippen LogP contribution in [0.4, 0.5) is 0 Å². The molecule has 2 N–H and O–H groups in total. The predicted octanol–water partition coefficient (Wildman–Crippen LogP) is 1.80. The van der Waals surface area contributed by atoms with Gasteiger partial charge in [-0.2, -0.15) is 0 Å². The van der Waals surface area contributed by atoms with Crippen LogP contribution in [-0.4, -0.2) is 34.1 Å². The second-order valence-electron chi connectivity index (χ2n) is 6.92. The lowest BCUT2D eigenvalue weighted by Gasteiger charge is -2.22. The molecule has 2 aromatic rings. The first-order chi connectivity index (χ1) is 14.3. The molecular weight excluding hydrogens is 388 g/mol. The molecule has 1 aromatic carbocycles. The van der Waals surface area contributed by atoms with Gasteiger partial charge >= 0.3 is 5.97 Å². The molecule has 8 nitrogen and oxygen atoms in total. The molecule has 0 saturated carbocycles. The van der Waals surface area contributed by atoms with Gasteiger partial charge < -0.3 is 14.4 Å². The molecule has 0 spiro atoms. The van der Waals surface area contributed by atoms with Gasteiger partial charge in [0.25, 0.3) is 5.91 Å². The third-order valence-corrected chi connectivity index (χ3v) is 4.70. The van der Waals surface area contributed by atoms with Gasteiger partial charge in [-0.1, -0.05) is 44.2 Å². The van der Waals surface area contributed by atoms with Crippen molar-refractivity contribution in [3.8, 4) is 0 Å². The molecule has 8 heteroatoms. The molecule has 2 amide bonds. The van der Waals surface area contributed by atoms with Crippen LogP contribution >= 0.6 is 0 Å². The first-order valence-electron chi connectivity index (χ1n) is 9.71. The highest BCUT2D eigenvalue weighted by atomic mass is 16.5. The number of aliphatic hydroxyl groups excluding tert-OH is 1. The van der Waals surface area contributed by atoms with Gasteiger partial charge in [0.15, 0.2) is 11.5 Å². The number of ether oxygens (including phenoxy) is 1. The van der Waals surface area contributed by atoms with Crippen LogP contribution in [0.1, 0.15) is 54.9 Å². The number of nitrogens with zero attached hydrogens (tertiary/aromatic N) is 1. The molecular formula is C22H26N2O6. The van der Waals surface area contributed by atoms with E-state index in [2.05, 4.69) is 5.32 Å². The lowest BCUT2D eigenvalue weighted by molar-refractivity contribution is -0.145. The SMILES string of the molecule is CC[C@@H](C)C(=O)NC(=O)c1cn(CCO)c([C@@H](OC(C)=O)c2ccccc2)cc1=O. The number of aromatic nitrogens is 1. The topological polar surface area (TPSA) is 115 Å². The number of amides is 2. The molecule has 0 aliphatic carbocycles.